The van der Waals surface area contributed by atoms with E-state index < -0.39 is 11.9 Å². The molecule has 0 atom stereocenters. The van der Waals surface area contributed by atoms with Crippen molar-refractivity contribution < 1.29 is 24.2 Å². The van der Waals surface area contributed by atoms with Crippen LogP contribution in [0.3, 0.4) is 0 Å². The lowest BCUT2D eigenvalue weighted by Crippen LogP contribution is -2.08. The SMILES string of the molecule is CC(=O)Oc1ccc(OCC=C(c2ccccc2)c2cccnc2)cc1C(=O)O. The molecule has 0 spiro atoms. The van der Waals surface area contributed by atoms with E-state index in [2.05, 4.69) is 4.98 Å². The first-order valence-electron chi connectivity index (χ1n) is 8.89. The molecule has 0 fully saturated rings. The molecular weight excluding hydrogens is 370 g/mol. The Balaban J connectivity index is 1.83. The Morgan fingerprint density at radius 2 is 1.79 bits per heavy atom. The molecule has 6 heteroatoms. The average molecular weight is 389 g/mol. The quantitative estimate of drug-likeness (QED) is 0.481. The van der Waals surface area contributed by atoms with Gasteiger partial charge in [-0.1, -0.05) is 36.4 Å². The van der Waals surface area contributed by atoms with Crippen molar-refractivity contribution in [1.29, 1.82) is 0 Å². The van der Waals surface area contributed by atoms with E-state index in [-0.39, 0.29) is 17.9 Å². The van der Waals surface area contributed by atoms with E-state index >= 15 is 0 Å². The van der Waals surface area contributed by atoms with Gasteiger partial charge in [-0.25, -0.2) is 4.79 Å². The van der Waals surface area contributed by atoms with E-state index in [0.29, 0.717) is 5.75 Å². The Kier molecular flexibility index (Phi) is 6.37. The highest BCUT2D eigenvalue weighted by Crippen LogP contribution is 2.26. The van der Waals surface area contributed by atoms with Crippen LogP contribution in [0.1, 0.15) is 28.4 Å². The normalized spacial score (nSPS) is 11.0. The highest BCUT2D eigenvalue weighted by molar-refractivity contribution is 5.92. The topological polar surface area (TPSA) is 85.7 Å². The van der Waals surface area contributed by atoms with Crippen molar-refractivity contribution in [2.45, 2.75) is 6.92 Å². The van der Waals surface area contributed by atoms with Gasteiger partial charge in [-0.2, -0.15) is 0 Å². The van der Waals surface area contributed by atoms with Crippen molar-refractivity contribution in [2.75, 3.05) is 6.61 Å². The van der Waals surface area contributed by atoms with Crippen LogP contribution in [0.4, 0.5) is 0 Å². The van der Waals surface area contributed by atoms with Crippen LogP contribution in [0.5, 0.6) is 11.5 Å². The van der Waals surface area contributed by atoms with E-state index in [1.54, 1.807) is 18.5 Å². The number of hydrogen-bond acceptors (Lipinski definition) is 5. The fourth-order valence-corrected chi connectivity index (χ4v) is 2.77. The van der Waals surface area contributed by atoms with Crippen molar-refractivity contribution in [3.05, 3.63) is 95.8 Å². The summed E-state index contributed by atoms with van der Waals surface area (Å²) < 4.78 is 10.7. The fraction of sp³-hybridized carbons (Fsp3) is 0.0870. The van der Waals surface area contributed by atoms with Gasteiger partial charge in [-0.05, 0) is 41.5 Å². The molecule has 3 rings (SSSR count). The summed E-state index contributed by atoms with van der Waals surface area (Å²) in [5.41, 5.74) is 2.77. The van der Waals surface area contributed by atoms with Gasteiger partial charge in [0, 0.05) is 24.9 Å². The second-order valence-electron chi connectivity index (χ2n) is 6.09. The molecule has 146 valence electrons. The van der Waals surface area contributed by atoms with Crippen molar-refractivity contribution in [3.63, 3.8) is 0 Å². The van der Waals surface area contributed by atoms with E-state index in [1.165, 1.54) is 19.1 Å². The molecular formula is C23H19NO5. The van der Waals surface area contributed by atoms with Crippen LogP contribution in [-0.4, -0.2) is 28.6 Å². The standard InChI is InChI=1S/C23H19NO5/c1-16(25)29-22-10-9-19(14-21(22)23(26)27)28-13-11-20(17-6-3-2-4-7-17)18-8-5-12-24-15-18/h2-12,14-15H,13H2,1H3,(H,26,27). The number of ether oxygens (including phenoxy) is 2. The lowest BCUT2D eigenvalue weighted by atomic mass is 9.99. The number of carboxylic acids is 1. The first kappa shape index (κ1) is 19.8. The maximum atomic E-state index is 11.4. The zero-order chi connectivity index (χ0) is 20.6. The summed E-state index contributed by atoms with van der Waals surface area (Å²) >= 11 is 0. The molecule has 0 saturated heterocycles. The van der Waals surface area contributed by atoms with Gasteiger partial charge < -0.3 is 14.6 Å². The molecule has 1 N–H and O–H groups in total. The van der Waals surface area contributed by atoms with Crippen LogP contribution < -0.4 is 9.47 Å². The summed E-state index contributed by atoms with van der Waals surface area (Å²) in [5, 5.41) is 9.35. The molecule has 29 heavy (non-hydrogen) atoms. The zero-order valence-corrected chi connectivity index (χ0v) is 15.7. The minimum Gasteiger partial charge on any atom is -0.489 e. The Labute approximate surface area is 168 Å². The number of benzene rings is 2. The van der Waals surface area contributed by atoms with Crippen molar-refractivity contribution in [1.82, 2.24) is 4.98 Å². The second kappa shape index (κ2) is 9.32. The van der Waals surface area contributed by atoms with Crippen LogP contribution in [0.15, 0.2) is 79.1 Å². The van der Waals surface area contributed by atoms with Gasteiger partial charge in [-0.15, -0.1) is 0 Å². The third kappa shape index (κ3) is 5.29. The van der Waals surface area contributed by atoms with Crippen LogP contribution in [-0.2, 0) is 4.79 Å². The third-order valence-electron chi connectivity index (χ3n) is 4.03. The number of aromatic carboxylic acids is 1. The zero-order valence-electron chi connectivity index (χ0n) is 15.7. The van der Waals surface area contributed by atoms with Gasteiger partial charge in [0.15, 0.2) is 0 Å². The Morgan fingerprint density at radius 1 is 1.03 bits per heavy atom. The van der Waals surface area contributed by atoms with Crippen molar-refractivity contribution in [2.24, 2.45) is 0 Å². The predicted octanol–water partition coefficient (Wildman–Crippen LogP) is 4.22. The van der Waals surface area contributed by atoms with Crippen molar-refractivity contribution in [3.8, 4) is 11.5 Å². The smallest absolute Gasteiger partial charge is 0.339 e. The van der Waals surface area contributed by atoms with Gasteiger partial charge in [0.1, 0.15) is 23.7 Å². The molecule has 0 bridgehead atoms. The Hall–Kier alpha value is -3.93. The van der Waals surface area contributed by atoms with E-state index in [0.717, 1.165) is 16.7 Å². The molecule has 1 heterocycles. The number of carbonyl (C=O) groups excluding carboxylic acids is 1. The highest BCUT2D eigenvalue weighted by atomic mass is 16.5. The molecule has 1 aromatic heterocycles. The monoisotopic (exact) mass is 389 g/mol. The molecule has 2 aromatic carbocycles. The summed E-state index contributed by atoms with van der Waals surface area (Å²) in [6.07, 6.45) is 5.39. The highest BCUT2D eigenvalue weighted by Gasteiger charge is 2.14. The van der Waals surface area contributed by atoms with Crippen LogP contribution in [0.25, 0.3) is 5.57 Å². The Morgan fingerprint density at radius 3 is 2.45 bits per heavy atom. The van der Waals surface area contributed by atoms with E-state index in [4.69, 9.17) is 9.47 Å². The summed E-state index contributed by atoms with van der Waals surface area (Å²) in [4.78, 5) is 26.7. The molecule has 0 unspecified atom stereocenters. The summed E-state index contributed by atoms with van der Waals surface area (Å²) in [6, 6.07) is 18.0. The maximum absolute atomic E-state index is 11.4. The van der Waals surface area contributed by atoms with Crippen LogP contribution >= 0.6 is 0 Å². The number of nitrogens with zero attached hydrogens (tertiary/aromatic N) is 1. The molecule has 3 aromatic rings. The molecule has 0 radical (unpaired) electrons. The molecule has 0 amide bonds. The number of esters is 1. The minimum absolute atomic E-state index is 0.0202. The second-order valence-corrected chi connectivity index (χ2v) is 6.09. The summed E-state index contributed by atoms with van der Waals surface area (Å²) in [7, 11) is 0. The summed E-state index contributed by atoms with van der Waals surface area (Å²) in [5.74, 6) is -1.46. The maximum Gasteiger partial charge on any atom is 0.339 e. The lowest BCUT2D eigenvalue weighted by Gasteiger charge is -2.11. The number of rotatable bonds is 7. The molecule has 0 aliphatic heterocycles. The molecule has 0 saturated carbocycles. The first-order chi connectivity index (χ1) is 14.0. The van der Waals surface area contributed by atoms with E-state index in [1.807, 2.05) is 48.5 Å². The van der Waals surface area contributed by atoms with Gasteiger partial charge >= 0.3 is 11.9 Å². The molecule has 6 nitrogen and oxygen atoms in total. The molecule has 0 aliphatic carbocycles. The van der Waals surface area contributed by atoms with Gasteiger partial charge in [0.25, 0.3) is 0 Å². The number of hydrogen-bond donors (Lipinski definition) is 1. The van der Waals surface area contributed by atoms with Crippen LogP contribution in [0, 0.1) is 0 Å². The van der Waals surface area contributed by atoms with E-state index in [9.17, 15) is 14.7 Å². The number of pyridine rings is 1. The largest absolute Gasteiger partial charge is 0.489 e. The minimum atomic E-state index is -1.21. The molecule has 0 aliphatic rings. The Bertz CT molecular complexity index is 988. The lowest BCUT2D eigenvalue weighted by molar-refractivity contribution is -0.131. The summed E-state index contributed by atoms with van der Waals surface area (Å²) in [6.45, 7) is 1.43. The number of carboxylic acid groups (broad SMARTS) is 1. The van der Waals surface area contributed by atoms with Gasteiger partial charge in [0.2, 0.25) is 0 Å². The third-order valence-corrected chi connectivity index (χ3v) is 4.03. The first-order valence-corrected chi connectivity index (χ1v) is 8.89. The number of aromatic nitrogens is 1. The van der Waals surface area contributed by atoms with Crippen molar-refractivity contribution >= 4 is 17.5 Å². The average Bonchev–Trinajstić information content (AvgIpc) is 2.73. The van der Waals surface area contributed by atoms with Crippen LogP contribution in [0.2, 0.25) is 0 Å². The van der Waals surface area contributed by atoms with Gasteiger partial charge in [0.05, 0.1) is 0 Å². The predicted molar refractivity (Wildman–Crippen MR) is 108 cm³/mol. The van der Waals surface area contributed by atoms with Gasteiger partial charge in [-0.3, -0.25) is 9.78 Å². The fourth-order valence-electron chi connectivity index (χ4n) is 2.77. The number of carbonyl (C=O) groups is 2.